The molecule has 0 bridgehead atoms. The molecule has 0 aromatic heterocycles. The highest BCUT2D eigenvalue weighted by Crippen LogP contribution is 2.32. The van der Waals surface area contributed by atoms with Crippen LogP contribution in [-0.4, -0.2) is 20.0 Å². The second-order valence-electron chi connectivity index (χ2n) is 6.30. The highest BCUT2D eigenvalue weighted by molar-refractivity contribution is 9.10. The predicted octanol–water partition coefficient (Wildman–Crippen LogP) is 6.45. The van der Waals surface area contributed by atoms with Gasteiger partial charge in [-0.2, -0.15) is 0 Å². The van der Waals surface area contributed by atoms with Gasteiger partial charge in [-0.05, 0) is 66.8 Å². The van der Waals surface area contributed by atoms with Gasteiger partial charge in [-0.1, -0.05) is 44.0 Å². The smallest absolute Gasteiger partial charge is 0.185 e. The quantitative estimate of drug-likeness (QED) is 0.461. The van der Waals surface area contributed by atoms with Crippen LogP contribution < -0.4 is 9.47 Å². The summed E-state index contributed by atoms with van der Waals surface area (Å²) < 4.78 is 12.3. The highest BCUT2D eigenvalue weighted by Gasteiger charge is 2.21. The molecule has 0 N–H and O–H groups in total. The van der Waals surface area contributed by atoms with E-state index in [0.29, 0.717) is 0 Å². The van der Waals surface area contributed by atoms with Crippen LogP contribution in [0.25, 0.3) is 12.2 Å². The Labute approximate surface area is 176 Å². The molecule has 5 heteroatoms. The topological polar surface area (TPSA) is 35.5 Å². The molecule has 0 heterocycles. The molecule has 140 valence electrons. The molecule has 0 saturated heterocycles. The molecule has 1 aliphatic rings. The summed E-state index contributed by atoms with van der Waals surface area (Å²) in [5.41, 5.74) is 3.63. The summed E-state index contributed by atoms with van der Waals surface area (Å²) >= 11 is 7.12. The number of rotatable bonds is 4. The molecular formula is C22H20Br2O3. The van der Waals surface area contributed by atoms with Crippen molar-refractivity contribution in [1.82, 2.24) is 0 Å². The molecule has 27 heavy (non-hydrogen) atoms. The third kappa shape index (κ3) is 4.71. The second kappa shape index (κ2) is 8.89. The molecule has 0 unspecified atom stereocenters. The third-order valence-electron chi connectivity index (χ3n) is 4.55. The normalized spacial score (nSPS) is 17.4. The Morgan fingerprint density at radius 2 is 1.26 bits per heavy atom. The Balaban J connectivity index is 1.90. The number of ether oxygens (including phenoxy) is 2. The number of allylic oxidation sites excluding steroid dienone is 2. The van der Waals surface area contributed by atoms with Crippen molar-refractivity contribution in [3.8, 4) is 11.5 Å². The second-order valence-corrected chi connectivity index (χ2v) is 8.01. The molecule has 1 aliphatic carbocycles. The maximum absolute atomic E-state index is 13.0. The number of carbonyl (C=O) groups is 1. The fraction of sp³-hybridized carbons (Fsp3) is 0.227. The zero-order valence-corrected chi connectivity index (χ0v) is 18.4. The van der Waals surface area contributed by atoms with E-state index >= 15 is 0 Å². The van der Waals surface area contributed by atoms with Crippen LogP contribution in [0.15, 0.2) is 56.5 Å². The number of ketones is 1. The molecule has 0 spiro atoms. The monoisotopic (exact) mass is 490 g/mol. The molecule has 3 rings (SSSR count). The Bertz CT molecular complexity index is 856. The number of halogens is 2. The average Bonchev–Trinajstić information content (AvgIpc) is 2.67. The minimum absolute atomic E-state index is 0.117. The van der Waals surface area contributed by atoms with Gasteiger partial charge in [-0.15, -0.1) is 0 Å². The summed E-state index contributed by atoms with van der Waals surface area (Å²) in [5, 5.41) is 0. The van der Waals surface area contributed by atoms with E-state index in [1.54, 1.807) is 14.2 Å². The number of methoxy groups -OCH3 is 2. The first-order valence-electron chi connectivity index (χ1n) is 8.64. The van der Waals surface area contributed by atoms with Crippen molar-refractivity contribution in [3.05, 3.63) is 67.6 Å². The molecule has 1 saturated carbocycles. The lowest BCUT2D eigenvalue weighted by Crippen LogP contribution is -2.12. The van der Waals surface area contributed by atoms with E-state index < -0.39 is 0 Å². The fourth-order valence-corrected chi connectivity index (χ4v) is 4.00. The molecule has 0 atom stereocenters. The van der Waals surface area contributed by atoms with Crippen molar-refractivity contribution in [3.63, 3.8) is 0 Å². The van der Waals surface area contributed by atoms with E-state index in [1.807, 2.05) is 48.6 Å². The minimum atomic E-state index is 0.117. The Morgan fingerprint density at radius 3 is 1.63 bits per heavy atom. The van der Waals surface area contributed by atoms with Crippen LogP contribution in [0.4, 0.5) is 0 Å². The summed E-state index contributed by atoms with van der Waals surface area (Å²) in [6.07, 6.45) is 6.49. The van der Waals surface area contributed by atoms with Gasteiger partial charge in [0.15, 0.2) is 5.78 Å². The number of Topliss-reactive ketones (excluding diaryl/α,β-unsaturated/α-hetero) is 1. The Morgan fingerprint density at radius 1 is 0.815 bits per heavy atom. The van der Waals surface area contributed by atoms with Crippen LogP contribution in [-0.2, 0) is 4.79 Å². The van der Waals surface area contributed by atoms with Crippen molar-refractivity contribution in [1.29, 1.82) is 0 Å². The third-order valence-corrected chi connectivity index (χ3v) is 5.92. The first-order valence-corrected chi connectivity index (χ1v) is 10.2. The first kappa shape index (κ1) is 19.9. The summed E-state index contributed by atoms with van der Waals surface area (Å²) in [6.45, 7) is 0. The molecule has 3 nitrogen and oxygen atoms in total. The van der Waals surface area contributed by atoms with Crippen LogP contribution in [0.3, 0.4) is 0 Å². The van der Waals surface area contributed by atoms with Crippen molar-refractivity contribution in [2.45, 2.75) is 19.3 Å². The predicted molar refractivity (Wildman–Crippen MR) is 116 cm³/mol. The number of benzene rings is 2. The zero-order chi connectivity index (χ0) is 19.4. The van der Waals surface area contributed by atoms with Crippen LogP contribution in [0.1, 0.15) is 30.4 Å². The standard InChI is InChI=1S/C22H20Br2O3/c1-26-18-8-6-14(20(23)12-18)10-16-4-3-5-17(22(16)25)11-15-7-9-19(27-2)13-21(15)24/h6-13H,3-5H2,1-2H3. The summed E-state index contributed by atoms with van der Waals surface area (Å²) in [7, 11) is 3.28. The van der Waals surface area contributed by atoms with Crippen molar-refractivity contribution in [2.24, 2.45) is 0 Å². The molecule has 2 aromatic carbocycles. The van der Waals surface area contributed by atoms with Crippen molar-refractivity contribution >= 4 is 49.8 Å². The maximum Gasteiger partial charge on any atom is 0.185 e. The van der Waals surface area contributed by atoms with E-state index in [-0.39, 0.29) is 5.78 Å². The van der Waals surface area contributed by atoms with Gasteiger partial charge in [-0.3, -0.25) is 4.79 Å². The van der Waals surface area contributed by atoms with E-state index in [1.165, 1.54) is 0 Å². The van der Waals surface area contributed by atoms with E-state index in [2.05, 4.69) is 31.9 Å². The van der Waals surface area contributed by atoms with Gasteiger partial charge in [0.05, 0.1) is 14.2 Å². The van der Waals surface area contributed by atoms with Crippen molar-refractivity contribution in [2.75, 3.05) is 14.2 Å². The van der Waals surface area contributed by atoms with Gasteiger partial charge in [0.25, 0.3) is 0 Å². The van der Waals surface area contributed by atoms with Crippen LogP contribution in [0, 0.1) is 0 Å². The zero-order valence-electron chi connectivity index (χ0n) is 15.2. The molecule has 2 aromatic rings. The van der Waals surface area contributed by atoms with E-state index in [0.717, 1.165) is 62.0 Å². The molecule has 0 aliphatic heterocycles. The minimum Gasteiger partial charge on any atom is -0.497 e. The number of carbonyl (C=O) groups excluding carboxylic acids is 1. The van der Waals surface area contributed by atoms with E-state index in [9.17, 15) is 4.79 Å². The summed E-state index contributed by atoms with van der Waals surface area (Å²) in [6, 6.07) is 11.5. The van der Waals surface area contributed by atoms with Gasteiger partial charge in [0, 0.05) is 20.1 Å². The molecular weight excluding hydrogens is 472 g/mol. The van der Waals surface area contributed by atoms with Gasteiger partial charge in [-0.25, -0.2) is 0 Å². The van der Waals surface area contributed by atoms with Gasteiger partial charge in [0.2, 0.25) is 0 Å². The number of hydrogen-bond acceptors (Lipinski definition) is 3. The lowest BCUT2D eigenvalue weighted by molar-refractivity contribution is -0.112. The Kier molecular flexibility index (Phi) is 6.55. The lowest BCUT2D eigenvalue weighted by atomic mass is 9.87. The highest BCUT2D eigenvalue weighted by atomic mass is 79.9. The van der Waals surface area contributed by atoms with Crippen LogP contribution >= 0.6 is 31.9 Å². The largest absolute Gasteiger partial charge is 0.497 e. The van der Waals surface area contributed by atoms with E-state index in [4.69, 9.17) is 9.47 Å². The van der Waals surface area contributed by atoms with Crippen LogP contribution in [0.2, 0.25) is 0 Å². The summed E-state index contributed by atoms with van der Waals surface area (Å²) in [4.78, 5) is 13.0. The SMILES string of the molecule is COc1ccc(C=C2CCCC(=Cc3ccc(OC)cc3Br)C2=O)c(Br)c1. The lowest BCUT2D eigenvalue weighted by Gasteiger charge is -2.17. The molecule has 0 radical (unpaired) electrons. The Hall–Kier alpha value is -1.85. The average molecular weight is 492 g/mol. The number of hydrogen-bond donors (Lipinski definition) is 0. The fourth-order valence-electron chi connectivity index (χ4n) is 3.06. The first-order chi connectivity index (χ1) is 13.0. The van der Waals surface area contributed by atoms with Crippen molar-refractivity contribution < 1.29 is 14.3 Å². The molecule has 0 amide bonds. The maximum atomic E-state index is 13.0. The van der Waals surface area contributed by atoms with Crippen LogP contribution in [0.5, 0.6) is 11.5 Å². The molecule has 1 fully saturated rings. The summed E-state index contributed by atoms with van der Waals surface area (Å²) in [5.74, 6) is 1.68. The van der Waals surface area contributed by atoms with Gasteiger partial charge < -0.3 is 9.47 Å². The van der Waals surface area contributed by atoms with Gasteiger partial charge >= 0.3 is 0 Å². The van der Waals surface area contributed by atoms with Gasteiger partial charge in [0.1, 0.15) is 11.5 Å².